The van der Waals surface area contributed by atoms with Crippen molar-refractivity contribution in [2.24, 2.45) is 0 Å². The summed E-state index contributed by atoms with van der Waals surface area (Å²) in [7, 11) is 0. The molecule has 1 aromatic carbocycles. The van der Waals surface area contributed by atoms with E-state index in [4.69, 9.17) is 0 Å². The van der Waals surface area contributed by atoms with E-state index in [0.29, 0.717) is 18.2 Å². The summed E-state index contributed by atoms with van der Waals surface area (Å²) in [6.45, 7) is 4.77. The predicted molar refractivity (Wildman–Crippen MR) is 83.6 cm³/mol. The molecule has 110 valence electrons. The average Bonchev–Trinajstić information content (AvgIpc) is 2.48. The van der Waals surface area contributed by atoms with Crippen LogP contribution in [0.4, 0.5) is 11.4 Å². The second kappa shape index (κ2) is 6.83. The van der Waals surface area contributed by atoms with Crippen LogP contribution in [0, 0.1) is 10.1 Å². The van der Waals surface area contributed by atoms with Crippen LogP contribution in [-0.4, -0.2) is 16.5 Å². The van der Waals surface area contributed by atoms with Crippen LogP contribution in [0.3, 0.4) is 0 Å². The van der Waals surface area contributed by atoms with Crippen LogP contribution in [-0.2, 0) is 6.42 Å². The molecule has 21 heavy (non-hydrogen) atoms. The molecule has 0 unspecified atom stereocenters. The molecule has 0 fully saturated rings. The zero-order valence-electron chi connectivity index (χ0n) is 12.2. The summed E-state index contributed by atoms with van der Waals surface area (Å²) < 4.78 is 0. The molecule has 0 aliphatic heterocycles. The Labute approximate surface area is 124 Å². The monoisotopic (exact) mass is 285 g/mol. The lowest BCUT2D eigenvalue weighted by atomic mass is 10.0. The highest BCUT2D eigenvalue weighted by molar-refractivity contribution is 5.63. The molecule has 0 atom stereocenters. The number of nitrogens with zero attached hydrogens (tertiary/aromatic N) is 2. The largest absolute Gasteiger partial charge is 0.379 e. The first kappa shape index (κ1) is 15.0. The lowest BCUT2D eigenvalue weighted by molar-refractivity contribution is -0.384. The molecule has 1 heterocycles. The van der Waals surface area contributed by atoms with Crippen molar-refractivity contribution >= 4 is 11.4 Å². The first-order chi connectivity index (χ1) is 10.1. The Morgan fingerprint density at radius 3 is 2.76 bits per heavy atom. The summed E-state index contributed by atoms with van der Waals surface area (Å²) >= 11 is 0. The van der Waals surface area contributed by atoms with Gasteiger partial charge in [0.15, 0.2) is 0 Å². The van der Waals surface area contributed by atoms with Crippen LogP contribution >= 0.6 is 0 Å². The zero-order valence-corrected chi connectivity index (χ0v) is 12.2. The summed E-state index contributed by atoms with van der Waals surface area (Å²) in [5.41, 5.74) is 2.89. The predicted octanol–water partition coefficient (Wildman–Crippen LogP) is 3.77. The van der Waals surface area contributed by atoms with Crippen LogP contribution in [0.15, 0.2) is 42.7 Å². The number of pyridine rings is 1. The van der Waals surface area contributed by atoms with Crippen molar-refractivity contribution < 1.29 is 4.92 Å². The third kappa shape index (κ3) is 4.02. The van der Waals surface area contributed by atoms with Crippen LogP contribution in [0.1, 0.15) is 30.9 Å². The lowest BCUT2D eigenvalue weighted by Crippen LogP contribution is -2.07. The maximum absolute atomic E-state index is 11.1. The minimum Gasteiger partial charge on any atom is -0.379 e. The van der Waals surface area contributed by atoms with E-state index >= 15 is 0 Å². The first-order valence-corrected chi connectivity index (χ1v) is 6.99. The molecule has 1 aromatic heterocycles. The van der Waals surface area contributed by atoms with Gasteiger partial charge >= 0.3 is 0 Å². The molecule has 0 radical (unpaired) electrons. The molecule has 1 N–H and O–H groups in total. The van der Waals surface area contributed by atoms with E-state index in [9.17, 15) is 10.1 Å². The number of nitro groups is 1. The van der Waals surface area contributed by atoms with E-state index in [-0.39, 0.29) is 10.6 Å². The van der Waals surface area contributed by atoms with E-state index in [1.807, 2.05) is 24.3 Å². The highest BCUT2D eigenvalue weighted by atomic mass is 16.6. The van der Waals surface area contributed by atoms with Gasteiger partial charge in [0.05, 0.1) is 4.92 Å². The molecule has 0 amide bonds. The highest BCUT2D eigenvalue weighted by Gasteiger charge is 2.14. The normalized spacial score (nSPS) is 10.6. The fourth-order valence-electron chi connectivity index (χ4n) is 2.10. The van der Waals surface area contributed by atoms with Gasteiger partial charge in [-0.1, -0.05) is 26.0 Å². The van der Waals surface area contributed by atoms with Crippen molar-refractivity contribution in [1.82, 2.24) is 4.98 Å². The van der Waals surface area contributed by atoms with E-state index in [1.54, 1.807) is 18.5 Å². The molecule has 0 saturated heterocycles. The highest BCUT2D eigenvalue weighted by Crippen LogP contribution is 2.28. The fraction of sp³-hybridized carbons (Fsp3) is 0.312. The van der Waals surface area contributed by atoms with Crippen molar-refractivity contribution in [3.05, 3.63) is 64.0 Å². The molecule has 0 bridgehead atoms. The SMILES string of the molecule is CC(C)c1ccc([N+](=O)[O-])c(NCCc2cccnc2)c1. The number of hydrogen-bond donors (Lipinski definition) is 1. The lowest BCUT2D eigenvalue weighted by Gasteiger charge is -2.11. The molecule has 0 saturated carbocycles. The quantitative estimate of drug-likeness (QED) is 0.648. The molecule has 0 aliphatic carbocycles. The third-order valence-corrected chi connectivity index (χ3v) is 3.34. The Balaban J connectivity index is 2.10. The average molecular weight is 285 g/mol. The van der Waals surface area contributed by atoms with Gasteiger partial charge in [0.25, 0.3) is 5.69 Å². The van der Waals surface area contributed by atoms with E-state index in [0.717, 1.165) is 17.5 Å². The summed E-state index contributed by atoms with van der Waals surface area (Å²) in [5.74, 6) is 0.338. The number of nitrogens with one attached hydrogen (secondary N) is 1. The Bertz CT molecular complexity index is 612. The number of hydrogen-bond acceptors (Lipinski definition) is 4. The van der Waals surface area contributed by atoms with Gasteiger partial charge in [-0.05, 0) is 35.6 Å². The van der Waals surface area contributed by atoms with Crippen molar-refractivity contribution in [2.45, 2.75) is 26.2 Å². The number of nitro benzene ring substituents is 1. The van der Waals surface area contributed by atoms with Crippen molar-refractivity contribution in [1.29, 1.82) is 0 Å². The van der Waals surface area contributed by atoms with Crippen molar-refractivity contribution in [2.75, 3.05) is 11.9 Å². The van der Waals surface area contributed by atoms with Gasteiger partial charge < -0.3 is 5.32 Å². The minimum absolute atomic E-state index is 0.116. The summed E-state index contributed by atoms with van der Waals surface area (Å²) in [6, 6.07) is 9.13. The summed E-state index contributed by atoms with van der Waals surface area (Å²) in [4.78, 5) is 14.8. The van der Waals surface area contributed by atoms with Gasteiger partial charge in [-0.25, -0.2) is 0 Å². The van der Waals surface area contributed by atoms with Gasteiger partial charge in [-0.3, -0.25) is 15.1 Å². The van der Waals surface area contributed by atoms with Crippen LogP contribution in [0.25, 0.3) is 0 Å². The number of rotatable bonds is 6. The van der Waals surface area contributed by atoms with Crippen LogP contribution in [0.5, 0.6) is 0 Å². The molecule has 2 rings (SSSR count). The number of benzene rings is 1. The van der Waals surface area contributed by atoms with Gasteiger partial charge in [0, 0.05) is 25.0 Å². The van der Waals surface area contributed by atoms with Crippen LogP contribution in [0.2, 0.25) is 0 Å². The van der Waals surface area contributed by atoms with Crippen molar-refractivity contribution in [3.8, 4) is 0 Å². The van der Waals surface area contributed by atoms with E-state index in [2.05, 4.69) is 24.1 Å². The van der Waals surface area contributed by atoms with Gasteiger partial charge in [0.2, 0.25) is 0 Å². The second-order valence-electron chi connectivity index (χ2n) is 5.23. The first-order valence-electron chi connectivity index (χ1n) is 6.99. The summed E-state index contributed by atoms with van der Waals surface area (Å²) in [5, 5.41) is 14.3. The fourth-order valence-corrected chi connectivity index (χ4v) is 2.10. The number of anilines is 1. The van der Waals surface area contributed by atoms with E-state index < -0.39 is 0 Å². The van der Waals surface area contributed by atoms with Gasteiger partial charge in [-0.2, -0.15) is 0 Å². The zero-order chi connectivity index (χ0) is 15.2. The molecule has 5 heteroatoms. The Kier molecular flexibility index (Phi) is 4.87. The number of aromatic nitrogens is 1. The van der Waals surface area contributed by atoms with Crippen LogP contribution < -0.4 is 5.32 Å². The standard InChI is InChI=1S/C16H19N3O2/c1-12(2)14-5-6-16(19(20)21)15(10-14)18-9-7-13-4-3-8-17-11-13/h3-6,8,10-12,18H,7,9H2,1-2H3. The summed E-state index contributed by atoms with van der Waals surface area (Å²) in [6.07, 6.45) is 4.31. The molecule has 0 aliphatic rings. The molecular formula is C16H19N3O2. The molecule has 5 nitrogen and oxygen atoms in total. The maximum Gasteiger partial charge on any atom is 0.292 e. The smallest absolute Gasteiger partial charge is 0.292 e. The molecule has 0 spiro atoms. The molecule has 2 aromatic rings. The Morgan fingerprint density at radius 1 is 1.33 bits per heavy atom. The third-order valence-electron chi connectivity index (χ3n) is 3.34. The van der Waals surface area contributed by atoms with Gasteiger partial charge in [0.1, 0.15) is 5.69 Å². The topological polar surface area (TPSA) is 68.1 Å². The Morgan fingerprint density at radius 2 is 2.14 bits per heavy atom. The van der Waals surface area contributed by atoms with E-state index in [1.165, 1.54) is 0 Å². The van der Waals surface area contributed by atoms with Gasteiger partial charge in [-0.15, -0.1) is 0 Å². The van der Waals surface area contributed by atoms with Crippen molar-refractivity contribution in [3.63, 3.8) is 0 Å². The minimum atomic E-state index is -0.351. The second-order valence-corrected chi connectivity index (χ2v) is 5.23. The molecular weight excluding hydrogens is 266 g/mol. The maximum atomic E-state index is 11.1. The Hall–Kier alpha value is -2.43.